The second-order valence-electron chi connectivity index (χ2n) is 4.75. The van der Waals surface area contributed by atoms with Gasteiger partial charge in [0.15, 0.2) is 0 Å². The molecule has 1 heterocycles. The number of rotatable bonds is 4. The van der Waals surface area contributed by atoms with E-state index in [0.29, 0.717) is 17.9 Å². The van der Waals surface area contributed by atoms with E-state index in [1.54, 1.807) is 11.3 Å². The molecule has 2 aliphatic carbocycles. The van der Waals surface area contributed by atoms with Crippen molar-refractivity contribution >= 4 is 17.2 Å². The first-order valence-electron chi connectivity index (χ1n) is 6.03. The Morgan fingerprint density at radius 3 is 2.75 bits per heavy atom. The molecule has 0 radical (unpaired) electrons. The average molecular weight is 236 g/mol. The van der Waals surface area contributed by atoms with Gasteiger partial charge >= 0.3 is 0 Å². The second-order valence-corrected chi connectivity index (χ2v) is 5.73. The van der Waals surface area contributed by atoms with E-state index in [4.69, 9.17) is 0 Å². The van der Waals surface area contributed by atoms with Crippen molar-refractivity contribution in [3.63, 3.8) is 0 Å². The molecule has 1 aromatic rings. The predicted octanol–water partition coefficient (Wildman–Crippen LogP) is 2.43. The summed E-state index contributed by atoms with van der Waals surface area (Å²) in [6.07, 6.45) is 7.61. The molecule has 2 saturated carbocycles. The molecule has 0 atom stereocenters. The van der Waals surface area contributed by atoms with Crippen LogP contribution in [-0.4, -0.2) is 21.8 Å². The smallest absolute Gasteiger partial charge is 0.226 e. The lowest BCUT2D eigenvalue weighted by Crippen LogP contribution is -2.39. The number of carbonyl (C=O) groups is 1. The molecule has 86 valence electrons. The van der Waals surface area contributed by atoms with Crippen LogP contribution in [-0.2, 0) is 11.3 Å². The molecule has 1 amide bonds. The van der Waals surface area contributed by atoms with E-state index < -0.39 is 0 Å². The zero-order chi connectivity index (χ0) is 11.0. The summed E-state index contributed by atoms with van der Waals surface area (Å²) in [4.78, 5) is 18.6. The van der Waals surface area contributed by atoms with Crippen LogP contribution in [0.4, 0.5) is 0 Å². The van der Waals surface area contributed by atoms with Gasteiger partial charge in [-0.3, -0.25) is 4.79 Å². The Morgan fingerprint density at radius 2 is 2.25 bits per heavy atom. The quantitative estimate of drug-likeness (QED) is 0.804. The Balaban J connectivity index is 1.68. The van der Waals surface area contributed by atoms with Gasteiger partial charge in [-0.2, -0.15) is 0 Å². The second kappa shape index (κ2) is 4.17. The normalized spacial score (nSPS) is 20.5. The number of carbonyl (C=O) groups excluding carboxylic acids is 1. The van der Waals surface area contributed by atoms with Crippen molar-refractivity contribution < 1.29 is 4.79 Å². The Morgan fingerprint density at radius 1 is 1.44 bits per heavy atom. The van der Waals surface area contributed by atoms with Gasteiger partial charge in [-0.15, -0.1) is 11.3 Å². The number of hydrogen-bond acceptors (Lipinski definition) is 3. The van der Waals surface area contributed by atoms with Gasteiger partial charge in [0.05, 0.1) is 6.54 Å². The maximum atomic E-state index is 12.2. The third kappa shape index (κ3) is 1.98. The van der Waals surface area contributed by atoms with Crippen LogP contribution in [0.15, 0.2) is 11.6 Å². The number of hydrogen-bond donors (Lipinski definition) is 0. The molecule has 0 bridgehead atoms. The molecule has 0 N–H and O–H groups in total. The van der Waals surface area contributed by atoms with E-state index >= 15 is 0 Å². The molecule has 16 heavy (non-hydrogen) atoms. The van der Waals surface area contributed by atoms with E-state index in [1.165, 1.54) is 19.3 Å². The van der Waals surface area contributed by atoms with Gasteiger partial charge < -0.3 is 4.90 Å². The summed E-state index contributed by atoms with van der Waals surface area (Å²) in [5.74, 6) is 0.699. The van der Waals surface area contributed by atoms with E-state index in [0.717, 1.165) is 24.4 Å². The van der Waals surface area contributed by atoms with Gasteiger partial charge in [0.1, 0.15) is 5.01 Å². The van der Waals surface area contributed by atoms with Crippen LogP contribution < -0.4 is 0 Å². The van der Waals surface area contributed by atoms with Crippen LogP contribution in [0, 0.1) is 5.92 Å². The minimum Gasteiger partial charge on any atom is -0.333 e. The fourth-order valence-electron chi connectivity index (χ4n) is 2.14. The van der Waals surface area contributed by atoms with Crippen molar-refractivity contribution in [1.82, 2.24) is 9.88 Å². The highest BCUT2D eigenvalue weighted by atomic mass is 32.1. The van der Waals surface area contributed by atoms with Crippen LogP contribution in [0.3, 0.4) is 0 Å². The first-order valence-corrected chi connectivity index (χ1v) is 6.91. The summed E-state index contributed by atoms with van der Waals surface area (Å²) in [6, 6.07) is 0.511. The van der Waals surface area contributed by atoms with Crippen molar-refractivity contribution in [2.45, 2.75) is 44.7 Å². The molecule has 0 unspecified atom stereocenters. The van der Waals surface area contributed by atoms with E-state index in [2.05, 4.69) is 9.88 Å². The van der Waals surface area contributed by atoms with E-state index in [9.17, 15) is 4.79 Å². The summed E-state index contributed by atoms with van der Waals surface area (Å²) in [5.41, 5.74) is 0. The summed E-state index contributed by atoms with van der Waals surface area (Å²) in [7, 11) is 0. The highest BCUT2D eigenvalue weighted by molar-refractivity contribution is 7.09. The minimum atomic E-state index is 0.320. The van der Waals surface area contributed by atoms with Crippen LogP contribution in [0.5, 0.6) is 0 Å². The lowest BCUT2D eigenvalue weighted by Gasteiger charge is -2.31. The molecule has 2 aliphatic rings. The fraction of sp³-hybridized carbons (Fsp3) is 0.667. The minimum absolute atomic E-state index is 0.320. The largest absolute Gasteiger partial charge is 0.333 e. The molecule has 3 rings (SSSR count). The maximum absolute atomic E-state index is 12.2. The molecular formula is C12H16N2OS. The van der Waals surface area contributed by atoms with Crippen LogP contribution >= 0.6 is 11.3 Å². The summed E-state index contributed by atoms with van der Waals surface area (Å²) in [6.45, 7) is 0.734. The lowest BCUT2D eigenvalue weighted by atomic mass is 9.84. The number of nitrogens with zero attached hydrogens (tertiary/aromatic N) is 2. The summed E-state index contributed by atoms with van der Waals surface area (Å²) in [5, 5.41) is 3.05. The molecule has 0 spiro atoms. The highest BCUT2D eigenvalue weighted by Gasteiger charge is 2.37. The van der Waals surface area contributed by atoms with E-state index in [-0.39, 0.29) is 0 Å². The highest BCUT2D eigenvalue weighted by Crippen LogP contribution is 2.35. The Hall–Kier alpha value is -0.900. The van der Waals surface area contributed by atoms with Gasteiger partial charge in [-0.25, -0.2) is 4.98 Å². The lowest BCUT2D eigenvalue weighted by molar-refractivity contribution is -0.139. The Labute approximate surface area is 99.5 Å². The number of thiazole rings is 1. The molecule has 0 aromatic carbocycles. The summed E-state index contributed by atoms with van der Waals surface area (Å²) < 4.78 is 0. The van der Waals surface area contributed by atoms with E-state index in [1.807, 2.05) is 11.6 Å². The first-order chi connectivity index (χ1) is 7.84. The molecular weight excluding hydrogens is 220 g/mol. The number of amides is 1. The van der Waals surface area contributed by atoms with Crippen LogP contribution in [0.2, 0.25) is 0 Å². The molecule has 0 aliphatic heterocycles. The van der Waals surface area contributed by atoms with Gasteiger partial charge in [-0.05, 0) is 25.7 Å². The van der Waals surface area contributed by atoms with Crippen molar-refractivity contribution in [2.24, 2.45) is 5.92 Å². The van der Waals surface area contributed by atoms with Crippen LogP contribution in [0.1, 0.15) is 37.1 Å². The maximum Gasteiger partial charge on any atom is 0.226 e. The third-order valence-electron chi connectivity index (χ3n) is 3.51. The van der Waals surface area contributed by atoms with Gasteiger partial charge in [0, 0.05) is 23.5 Å². The van der Waals surface area contributed by atoms with Crippen molar-refractivity contribution in [1.29, 1.82) is 0 Å². The monoisotopic (exact) mass is 236 g/mol. The van der Waals surface area contributed by atoms with Crippen molar-refractivity contribution in [2.75, 3.05) is 0 Å². The molecule has 1 aromatic heterocycles. The van der Waals surface area contributed by atoms with Gasteiger partial charge in [0.2, 0.25) is 5.91 Å². The average Bonchev–Trinajstić information content (AvgIpc) is 2.90. The SMILES string of the molecule is O=C(C1CCC1)N(Cc1nccs1)C1CC1. The van der Waals surface area contributed by atoms with Crippen LogP contribution in [0.25, 0.3) is 0 Å². The zero-order valence-corrected chi connectivity index (χ0v) is 10.1. The summed E-state index contributed by atoms with van der Waals surface area (Å²) >= 11 is 1.65. The zero-order valence-electron chi connectivity index (χ0n) is 9.26. The van der Waals surface area contributed by atoms with Gasteiger partial charge in [-0.1, -0.05) is 6.42 Å². The standard InChI is InChI=1S/C12H16N2OS/c15-12(9-2-1-3-9)14(10-4-5-10)8-11-13-6-7-16-11/h6-7,9-10H,1-5,8H2. The molecule has 2 fully saturated rings. The topological polar surface area (TPSA) is 33.2 Å². The van der Waals surface area contributed by atoms with Crippen molar-refractivity contribution in [3.8, 4) is 0 Å². The third-order valence-corrected chi connectivity index (χ3v) is 4.28. The Bertz CT molecular complexity index is 368. The van der Waals surface area contributed by atoms with Crippen molar-refractivity contribution in [3.05, 3.63) is 16.6 Å². The Kier molecular flexibility index (Phi) is 2.67. The fourth-order valence-corrected chi connectivity index (χ4v) is 2.75. The molecule has 0 saturated heterocycles. The molecule has 3 nitrogen and oxygen atoms in total. The first kappa shape index (κ1) is 10.3. The predicted molar refractivity (Wildman–Crippen MR) is 63.0 cm³/mol. The number of aromatic nitrogens is 1. The van der Waals surface area contributed by atoms with Gasteiger partial charge in [0.25, 0.3) is 0 Å². The molecule has 4 heteroatoms.